The molecule has 0 aromatic carbocycles. The number of hydrogen-bond acceptors (Lipinski definition) is 9. The zero-order chi connectivity index (χ0) is 18.9. The zero-order valence-corrected chi connectivity index (χ0v) is 15.2. The summed E-state index contributed by atoms with van der Waals surface area (Å²) in [6, 6.07) is -0.135. The third-order valence-corrected chi connectivity index (χ3v) is 5.84. The Morgan fingerprint density at radius 2 is 1.96 bits per heavy atom. The molecule has 1 N–H and O–H groups in total. The molecule has 0 bridgehead atoms. The number of aryl methyl sites for hydroxylation is 1. The summed E-state index contributed by atoms with van der Waals surface area (Å²) in [6.07, 6.45) is 0. The molecule has 2 heterocycles. The summed E-state index contributed by atoms with van der Waals surface area (Å²) in [6.45, 7) is 1.44. The standard InChI is InChI=1S/C12H14N4O7S2/c1-6-8(7(5-24-6)9(17)22-3)25(20,21)11(18)14-16-12(19)15(2)10(13-16)23-4/h5H,1-4H3,(H,14,18). The highest BCUT2D eigenvalue weighted by Gasteiger charge is 2.34. The van der Waals surface area contributed by atoms with Gasteiger partial charge in [0.25, 0.3) is 9.84 Å². The summed E-state index contributed by atoms with van der Waals surface area (Å²) in [5.74, 6) is -0.896. The average Bonchev–Trinajstić information content (AvgIpc) is 3.09. The highest BCUT2D eigenvalue weighted by Crippen LogP contribution is 2.28. The predicted octanol–water partition coefficient (Wildman–Crippen LogP) is -0.116. The predicted molar refractivity (Wildman–Crippen MR) is 86.4 cm³/mol. The summed E-state index contributed by atoms with van der Waals surface area (Å²) >= 11 is 0.970. The lowest BCUT2D eigenvalue weighted by Gasteiger charge is -2.06. The van der Waals surface area contributed by atoms with Crippen molar-refractivity contribution in [2.45, 2.75) is 11.8 Å². The van der Waals surface area contributed by atoms with E-state index in [-0.39, 0.29) is 16.5 Å². The number of carbonyl (C=O) groups excluding carboxylic acids is 2. The van der Waals surface area contributed by atoms with E-state index < -0.39 is 31.6 Å². The summed E-state index contributed by atoms with van der Waals surface area (Å²) in [7, 11) is -0.964. The van der Waals surface area contributed by atoms with E-state index >= 15 is 0 Å². The van der Waals surface area contributed by atoms with Crippen LogP contribution in [0.15, 0.2) is 15.1 Å². The van der Waals surface area contributed by atoms with Crippen molar-refractivity contribution >= 4 is 32.4 Å². The number of nitrogens with zero attached hydrogens (tertiary/aromatic N) is 3. The number of carbonyl (C=O) groups is 2. The fourth-order valence-electron chi connectivity index (χ4n) is 1.94. The summed E-state index contributed by atoms with van der Waals surface area (Å²) in [4.78, 5) is 36.0. The minimum absolute atomic E-state index is 0.135. The highest BCUT2D eigenvalue weighted by atomic mass is 32.2. The van der Waals surface area contributed by atoms with Gasteiger partial charge in [0.05, 0.1) is 19.8 Å². The third-order valence-electron chi connectivity index (χ3n) is 3.16. The number of methoxy groups -OCH3 is 2. The molecule has 136 valence electrons. The Balaban J connectivity index is 2.45. The lowest BCUT2D eigenvalue weighted by atomic mass is 10.3. The number of aromatic nitrogens is 3. The van der Waals surface area contributed by atoms with Gasteiger partial charge in [-0.3, -0.25) is 4.79 Å². The van der Waals surface area contributed by atoms with Crippen molar-refractivity contribution in [3.05, 3.63) is 26.3 Å². The summed E-state index contributed by atoms with van der Waals surface area (Å²) in [5.41, 5.74) is 0.782. The molecule has 1 amide bonds. The molecule has 2 aromatic heterocycles. The molecule has 2 aromatic rings. The van der Waals surface area contributed by atoms with Crippen LogP contribution in [0.4, 0.5) is 4.79 Å². The molecular formula is C12H14N4O7S2. The van der Waals surface area contributed by atoms with Gasteiger partial charge < -0.3 is 9.47 Å². The molecule has 13 heteroatoms. The van der Waals surface area contributed by atoms with Crippen LogP contribution in [0, 0.1) is 6.92 Å². The fraction of sp³-hybridized carbons (Fsp3) is 0.333. The van der Waals surface area contributed by atoms with Gasteiger partial charge in [-0.15, -0.1) is 16.1 Å². The van der Waals surface area contributed by atoms with E-state index in [1.165, 1.54) is 26.5 Å². The first-order chi connectivity index (χ1) is 11.6. The van der Waals surface area contributed by atoms with Crippen LogP contribution in [0.25, 0.3) is 0 Å². The van der Waals surface area contributed by atoms with E-state index in [1.807, 2.05) is 5.43 Å². The highest BCUT2D eigenvalue weighted by molar-refractivity contribution is 8.06. The largest absolute Gasteiger partial charge is 0.467 e. The first-order valence-electron chi connectivity index (χ1n) is 6.57. The molecular weight excluding hydrogens is 376 g/mol. The van der Waals surface area contributed by atoms with Crippen LogP contribution in [0.3, 0.4) is 0 Å². The minimum atomic E-state index is -4.63. The smallest absolute Gasteiger partial charge is 0.368 e. The minimum Gasteiger partial charge on any atom is -0.467 e. The van der Waals surface area contributed by atoms with Gasteiger partial charge in [0.1, 0.15) is 4.90 Å². The van der Waals surface area contributed by atoms with Crippen LogP contribution in [-0.2, 0) is 21.6 Å². The number of amides is 1. The Labute approximate surface area is 145 Å². The van der Waals surface area contributed by atoms with Crippen molar-refractivity contribution in [1.29, 1.82) is 0 Å². The lowest BCUT2D eigenvalue weighted by Crippen LogP contribution is -2.37. The summed E-state index contributed by atoms with van der Waals surface area (Å²) in [5, 5.41) is 3.37. The number of sulfone groups is 1. The molecule has 11 nitrogen and oxygen atoms in total. The number of esters is 1. The van der Waals surface area contributed by atoms with Gasteiger partial charge in [-0.05, 0) is 6.92 Å². The van der Waals surface area contributed by atoms with Crippen molar-refractivity contribution in [2.75, 3.05) is 19.6 Å². The molecule has 0 fully saturated rings. The molecule has 0 aliphatic carbocycles. The van der Waals surface area contributed by atoms with Crippen molar-refractivity contribution < 1.29 is 27.5 Å². The molecule has 25 heavy (non-hydrogen) atoms. The molecule has 0 aliphatic rings. The second kappa shape index (κ2) is 6.68. The first-order valence-corrected chi connectivity index (χ1v) is 8.94. The number of ether oxygens (including phenoxy) is 2. The molecule has 0 aliphatic heterocycles. The van der Waals surface area contributed by atoms with E-state index in [1.54, 1.807) is 0 Å². The van der Waals surface area contributed by atoms with Crippen molar-refractivity contribution in [1.82, 2.24) is 14.5 Å². The third kappa shape index (κ3) is 3.15. The van der Waals surface area contributed by atoms with Crippen LogP contribution in [0.2, 0.25) is 0 Å². The van der Waals surface area contributed by atoms with E-state index in [0.29, 0.717) is 4.79 Å². The maximum atomic E-state index is 12.5. The Kier molecular flexibility index (Phi) is 4.99. The molecule has 0 saturated heterocycles. The maximum absolute atomic E-state index is 12.5. The van der Waals surface area contributed by atoms with Gasteiger partial charge in [0.2, 0.25) is 0 Å². The molecule has 0 atom stereocenters. The van der Waals surface area contributed by atoms with Gasteiger partial charge in [-0.1, -0.05) is 5.10 Å². The number of rotatable bonds is 4. The fourth-order valence-corrected chi connectivity index (χ4v) is 4.41. The van der Waals surface area contributed by atoms with Crippen molar-refractivity contribution in [2.24, 2.45) is 7.05 Å². The van der Waals surface area contributed by atoms with Gasteiger partial charge in [-0.25, -0.2) is 28.0 Å². The maximum Gasteiger partial charge on any atom is 0.368 e. The molecule has 0 unspecified atom stereocenters. The normalized spacial score (nSPS) is 11.2. The second-order valence-electron chi connectivity index (χ2n) is 4.67. The van der Waals surface area contributed by atoms with Gasteiger partial charge in [0, 0.05) is 17.3 Å². The number of hydrogen-bond donors (Lipinski definition) is 1. The lowest BCUT2D eigenvalue weighted by molar-refractivity contribution is 0.0597. The first kappa shape index (κ1) is 18.7. The number of nitrogens with one attached hydrogen (secondary N) is 1. The van der Waals surface area contributed by atoms with Gasteiger partial charge in [0.15, 0.2) is 0 Å². The van der Waals surface area contributed by atoms with Crippen LogP contribution in [0.5, 0.6) is 6.01 Å². The zero-order valence-electron chi connectivity index (χ0n) is 13.6. The molecule has 0 spiro atoms. The molecule has 2 rings (SSSR count). The molecule has 0 saturated carbocycles. The Hall–Kier alpha value is -2.67. The average molecular weight is 390 g/mol. The topological polar surface area (TPSA) is 139 Å². The Bertz CT molecular complexity index is 999. The summed E-state index contributed by atoms with van der Waals surface area (Å²) < 4.78 is 35.4. The van der Waals surface area contributed by atoms with E-state index in [2.05, 4.69) is 9.84 Å². The Morgan fingerprint density at radius 1 is 1.32 bits per heavy atom. The number of thiophene rings is 1. The van der Waals surface area contributed by atoms with Crippen molar-refractivity contribution in [3.8, 4) is 6.01 Å². The van der Waals surface area contributed by atoms with Gasteiger partial charge >= 0.3 is 22.9 Å². The van der Waals surface area contributed by atoms with E-state index in [9.17, 15) is 22.8 Å². The van der Waals surface area contributed by atoms with Gasteiger partial charge in [-0.2, -0.15) is 0 Å². The van der Waals surface area contributed by atoms with Crippen LogP contribution in [-0.4, -0.2) is 48.3 Å². The molecule has 0 radical (unpaired) electrons. The SMILES string of the molecule is COC(=O)c1csc(C)c1S(=O)(=O)C(=O)Nn1nc(OC)n(C)c1=O. The van der Waals surface area contributed by atoms with E-state index in [0.717, 1.165) is 23.0 Å². The monoisotopic (exact) mass is 390 g/mol. The van der Waals surface area contributed by atoms with Crippen LogP contribution >= 0.6 is 11.3 Å². The second-order valence-corrected chi connectivity index (χ2v) is 7.54. The quantitative estimate of drug-likeness (QED) is 0.713. The van der Waals surface area contributed by atoms with Crippen molar-refractivity contribution in [3.63, 3.8) is 0 Å². The Morgan fingerprint density at radius 3 is 2.48 bits per heavy atom. The van der Waals surface area contributed by atoms with Crippen LogP contribution in [0.1, 0.15) is 15.2 Å². The van der Waals surface area contributed by atoms with Crippen LogP contribution < -0.4 is 15.9 Å². The van der Waals surface area contributed by atoms with E-state index in [4.69, 9.17) is 4.74 Å².